The first kappa shape index (κ1) is 18.9. The second-order valence-corrected chi connectivity index (χ2v) is 7.50. The molecule has 4 rings (SSSR count). The number of primary amides is 1. The van der Waals surface area contributed by atoms with Crippen LogP contribution in [0.4, 0.5) is 5.69 Å². The van der Waals surface area contributed by atoms with Gasteiger partial charge >= 0.3 is 0 Å². The highest BCUT2D eigenvalue weighted by Crippen LogP contribution is 2.35. The zero-order chi connectivity index (χ0) is 20.4. The number of rotatable bonds is 5. The Kier molecular flexibility index (Phi) is 5.16. The first-order valence-electron chi connectivity index (χ1n) is 8.53. The van der Waals surface area contributed by atoms with E-state index >= 15 is 0 Å². The average Bonchev–Trinajstić information content (AvgIpc) is 3.07. The average molecular weight is 424 g/mol. The van der Waals surface area contributed by atoms with Crippen LogP contribution in [-0.4, -0.2) is 16.8 Å². The fourth-order valence-corrected chi connectivity index (χ4v) is 4.11. The summed E-state index contributed by atoms with van der Waals surface area (Å²) in [4.78, 5) is 28.5. The van der Waals surface area contributed by atoms with Crippen molar-refractivity contribution in [2.75, 3.05) is 5.32 Å². The number of amides is 2. The van der Waals surface area contributed by atoms with Crippen LogP contribution in [0.3, 0.4) is 0 Å². The first-order chi connectivity index (χ1) is 14.0. The standard InChI is InChI=1S/C21H14ClN3O3S/c22-18-15-6-1-2-7-16(15)29-19(18)21(27)25-13-8-9-17(24-11-13)28-14-5-3-4-12(10-14)20(23)26/h1-11H,(H2,23,26)(H,25,27). The van der Waals surface area contributed by atoms with E-state index in [1.54, 1.807) is 30.3 Å². The minimum absolute atomic E-state index is 0.305. The molecule has 2 heterocycles. The number of thiophene rings is 1. The SMILES string of the molecule is NC(=O)c1cccc(Oc2ccc(NC(=O)c3sc4ccccc4c3Cl)cn2)c1. The quantitative estimate of drug-likeness (QED) is 0.467. The minimum Gasteiger partial charge on any atom is -0.439 e. The lowest BCUT2D eigenvalue weighted by Gasteiger charge is -2.07. The molecule has 0 radical (unpaired) electrons. The summed E-state index contributed by atoms with van der Waals surface area (Å²) in [5, 5.41) is 4.07. The summed E-state index contributed by atoms with van der Waals surface area (Å²) in [6.07, 6.45) is 1.48. The van der Waals surface area contributed by atoms with E-state index in [-0.39, 0.29) is 5.91 Å². The number of nitrogens with zero attached hydrogens (tertiary/aromatic N) is 1. The van der Waals surface area contributed by atoms with Crippen LogP contribution in [0.5, 0.6) is 11.6 Å². The van der Waals surface area contributed by atoms with Crippen molar-refractivity contribution in [1.82, 2.24) is 4.98 Å². The fraction of sp³-hybridized carbons (Fsp3) is 0. The van der Waals surface area contributed by atoms with Crippen LogP contribution in [-0.2, 0) is 0 Å². The van der Waals surface area contributed by atoms with Crippen molar-refractivity contribution in [2.45, 2.75) is 0 Å². The molecule has 144 valence electrons. The van der Waals surface area contributed by atoms with E-state index in [9.17, 15) is 9.59 Å². The third kappa shape index (κ3) is 4.06. The van der Waals surface area contributed by atoms with Crippen molar-refractivity contribution in [3.63, 3.8) is 0 Å². The van der Waals surface area contributed by atoms with Crippen LogP contribution >= 0.6 is 22.9 Å². The number of hydrogen-bond donors (Lipinski definition) is 2. The molecule has 0 aliphatic rings. The van der Waals surface area contributed by atoms with Gasteiger partial charge in [-0.2, -0.15) is 0 Å². The molecule has 0 spiro atoms. The highest BCUT2D eigenvalue weighted by atomic mass is 35.5. The molecule has 0 aliphatic heterocycles. The van der Waals surface area contributed by atoms with Crippen LogP contribution < -0.4 is 15.8 Å². The van der Waals surface area contributed by atoms with Crippen LogP contribution in [0.2, 0.25) is 5.02 Å². The van der Waals surface area contributed by atoms with Gasteiger partial charge < -0.3 is 15.8 Å². The largest absolute Gasteiger partial charge is 0.439 e. The van der Waals surface area contributed by atoms with Crippen LogP contribution in [0.25, 0.3) is 10.1 Å². The Morgan fingerprint density at radius 2 is 1.90 bits per heavy atom. The number of anilines is 1. The fourth-order valence-electron chi connectivity index (χ4n) is 2.70. The molecule has 6 nitrogen and oxygen atoms in total. The number of carbonyl (C=O) groups is 2. The van der Waals surface area contributed by atoms with Gasteiger partial charge in [-0.25, -0.2) is 4.98 Å². The summed E-state index contributed by atoms with van der Waals surface area (Å²) in [6, 6.07) is 17.3. The van der Waals surface area contributed by atoms with Gasteiger partial charge in [0.2, 0.25) is 11.8 Å². The molecule has 0 saturated carbocycles. The van der Waals surface area contributed by atoms with Gasteiger partial charge in [-0.15, -0.1) is 11.3 Å². The monoisotopic (exact) mass is 423 g/mol. The van der Waals surface area contributed by atoms with Crippen molar-refractivity contribution < 1.29 is 14.3 Å². The van der Waals surface area contributed by atoms with E-state index in [2.05, 4.69) is 10.3 Å². The molecular weight excluding hydrogens is 410 g/mol. The summed E-state index contributed by atoms with van der Waals surface area (Å²) in [6.45, 7) is 0. The lowest BCUT2D eigenvalue weighted by molar-refractivity contribution is 0.0997. The Hall–Kier alpha value is -3.42. The maximum absolute atomic E-state index is 12.6. The number of carbonyl (C=O) groups excluding carboxylic acids is 2. The molecular formula is C21H14ClN3O3S. The predicted octanol–water partition coefficient (Wildman–Crippen LogP) is 5.09. The maximum Gasteiger partial charge on any atom is 0.267 e. The van der Waals surface area contributed by atoms with Gasteiger partial charge in [-0.1, -0.05) is 35.9 Å². The Balaban J connectivity index is 1.48. The van der Waals surface area contributed by atoms with Gasteiger partial charge in [-0.05, 0) is 30.3 Å². The summed E-state index contributed by atoms with van der Waals surface area (Å²) in [5.41, 5.74) is 6.11. The zero-order valence-corrected chi connectivity index (χ0v) is 16.5. The van der Waals surface area contributed by atoms with Crippen LogP contribution in [0.1, 0.15) is 20.0 Å². The van der Waals surface area contributed by atoms with E-state index in [4.69, 9.17) is 22.1 Å². The first-order valence-corrected chi connectivity index (χ1v) is 9.73. The summed E-state index contributed by atoms with van der Waals surface area (Å²) in [5.74, 6) is -0.102. The second kappa shape index (κ2) is 7.90. The number of hydrogen-bond acceptors (Lipinski definition) is 5. The Morgan fingerprint density at radius 1 is 1.07 bits per heavy atom. The lowest BCUT2D eigenvalue weighted by atomic mass is 10.2. The van der Waals surface area contributed by atoms with Gasteiger partial charge in [0, 0.05) is 21.7 Å². The Morgan fingerprint density at radius 3 is 2.62 bits per heavy atom. The van der Waals surface area contributed by atoms with Crippen molar-refractivity contribution in [3.8, 4) is 11.6 Å². The topological polar surface area (TPSA) is 94.3 Å². The third-order valence-electron chi connectivity index (χ3n) is 4.08. The van der Waals surface area contributed by atoms with E-state index < -0.39 is 5.91 Å². The molecule has 0 saturated heterocycles. The van der Waals surface area contributed by atoms with E-state index in [0.717, 1.165) is 10.1 Å². The minimum atomic E-state index is -0.540. The Labute approximate surface area is 174 Å². The molecule has 0 unspecified atom stereocenters. The number of nitrogens with one attached hydrogen (secondary N) is 1. The van der Waals surface area contributed by atoms with Gasteiger partial charge in [0.05, 0.1) is 16.9 Å². The summed E-state index contributed by atoms with van der Waals surface area (Å²) >= 11 is 7.68. The van der Waals surface area contributed by atoms with Gasteiger partial charge in [0.25, 0.3) is 5.91 Å². The molecule has 2 amide bonds. The van der Waals surface area contributed by atoms with Gasteiger partial charge in [0.15, 0.2) is 0 Å². The Bertz CT molecular complexity index is 1220. The molecule has 3 N–H and O–H groups in total. The van der Waals surface area contributed by atoms with Crippen molar-refractivity contribution in [2.24, 2.45) is 5.73 Å². The number of pyridine rings is 1. The van der Waals surface area contributed by atoms with Crippen molar-refractivity contribution in [1.29, 1.82) is 0 Å². The molecule has 0 fully saturated rings. The summed E-state index contributed by atoms with van der Waals surface area (Å²) < 4.78 is 6.57. The molecule has 2 aromatic carbocycles. The second-order valence-electron chi connectivity index (χ2n) is 6.07. The zero-order valence-electron chi connectivity index (χ0n) is 14.9. The third-order valence-corrected chi connectivity index (χ3v) is 5.75. The number of fused-ring (bicyclic) bond motifs is 1. The highest BCUT2D eigenvalue weighted by Gasteiger charge is 2.17. The number of benzene rings is 2. The number of ether oxygens (including phenoxy) is 1. The maximum atomic E-state index is 12.6. The van der Waals surface area contributed by atoms with E-state index in [1.165, 1.54) is 23.6 Å². The van der Waals surface area contributed by atoms with Crippen LogP contribution in [0, 0.1) is 0 Å². The molecule has 0 atom stereocenters. The van der Waals surface area contributed by atoms with Crippen molar-refractivity contribution in [3.05, 3.63) is 82.3 Å². The predicted molar refractivity (Wildman–Crippen MR) is 114 cm³/mol. The van der Waals surface area contributed by atoms with Crippen LogP contribution in [0.15, 0.2) is 66.9 Å². The molecule has 8 heteroatoms. The van der Waals surface area contributed by atoms with E-state index in [0.29, 0.717) is 32.8 Å². The molecule has 0 bridgehead atoms. The molecule has 4 aromatic rings. The van der Waals surface area contributed by atoms with E-state index in [1.807, 2.05) is 24.3 Å². The molecule has 29 heavy (non-hydrogen) atoms. The lowest BCUT2D eigenvalue weighted by Crippen LogP contribution is -2.11. The molecule has 0 aliphatic carbocycles. The number of nitrogens with two attached hydrogens (primary N) is 1. The smallest absolute Gasteiger partial charge is 0.267 e. The van der Waals surface area contributed by atoms with Gasteiger partial charge in [0.1, 0.15) is 10.6 Å². The number of halogens is 1. The van der Waals surface area contributed by atoms with Crippen molar-refractivity contribution >= 4 is 50.5 Å². The molecule has 2 aromatic heterocycles. The normalized spacial score (nSPS) is 10.7. The van der Waals surface area contributed by atoms with Gasteiger partial charge in [-0.3, -0.25) is 9.59 Å². The number of aromatic nitrogens is 1. The highest BCUT2D eigenvalue weighted by molar-refractivity contribution is 7.21. The summed E-state index contributed by atoms with van der Waals surface area (Å²) in [7, 11) is 0.